The Morgan fingerprint density at radius 1 is 0.958 bits per heavy atom. The van der Waals surface area contributed by atoms with Crippen molar-refractivity contribution in [1.29, 1.82) is 0 Å². The average Bonchev–Trinajstić information content (AvgIpc) is 3.00. The van der Waals surface area contributed by atoms with E-state index in [1.165, 1.54) is 24.3 Å². The topological polar surface area (TPSA) is 96.1 Å². The number of hydrogen-bond donors (Lipinski definition) is 2. The fraction of sp³-hybridized carbons (Fsp3) is 0. The van der Waals surface area contributed by atoms with Gasteiger partial charge < -0.3 is 4.98 Å². The van der Waals surface area contributed by atoms with E-state index in [-0.39, 0.29) is 5.69 Å². The highest BCUT2D eigenvalue weighted by molar-refractivity contribution is 7.94. The molecule has 10 heteroatoms. The van der Waals surface area contributed by atoms with Gasteiger partial charge in [0.2, 0.25) is 0 Å². The number of halogens is 2. The molecular formula is C14H10ClFN2O4S2. The first-order chi connectivity index (χ1) is 11.2. The van der Waals surface area contributed by atoms with Gasteiger partial charge in [-0.15, -0.1) is 3.89 Å². The van der Waals surface area contributed by atoms with Crippen LogP contribution in [0.2, 0.25) is 5.02 Å². The van der Waals surface area contributed by atoms with E-state index in [0.717, 1.165) is 12.1 Å². The molecule has 1 heterocycles. The SMILES string of the molecule is O=S(=O)(F)c1ccccc1S(=O)(=O)Nc1ccc(Cl)c2cc[nH]c12. The molecule has 3 aromatic rings. The largest absolute Gasteiger partial charge is 0.359 e. The molecule has 2 N–H and O–H groups in total. The molecule has 3 rings (SSSR count). The van der Waals surface area contributed by atoms with E-state index in [2.05, 4.69) is 9.71 Å². The normalized spacial score (nSPS) is 12.4. The summed E-state index contributed by atoms with van der Waals surface area (Å²) in [6.45, 7) is 0. The Labute approximate surface area is 142 Å². The van der Waals surface area contributed by atoms with Gasteiger partial charge in [0, 0.05) is 11.6 Å². The number of anilines is 1. The number of H-pyrrole nitrogens is 1. The Kier molecular flexibility index (Phi) is 4.02. The first kappa shape index (κ1) is 16.7. The number of sulfonamides is 1. The summed E-state index contributed by atoms with van der Waals surface area (Å²) in [6.07, 6.45) is 1.58. The summed E-state index contributed by atoms with van der Waals surface area (Å²) in [5.74, 6) is 0. The molecule has 0 aliphatic heterocycles. The van der Waals surface area contributed by atoms with Gasteiger partial charge >= 0.3 is 10.2 Å². The third kappa shape index (κ3) is 2.97. The summed E-state index contributed by atoms with van der Waals surface area (Å²) >= 11 is 6.02. The molecule has 0 aliphatic rings. The zero-order chi connectivity index (χ0) is 17.5. The second kappa shape index (κ2) is 5.76. The Morgan fingerprint density at radius 2 is 1.62 bits per heavy atom. The van der Waals surface area contributed by atoms with Crippen LogP contribution in [0.5, 0.6) is 0 Å². The molecule has 0 spiro atoms. The summed E-state index contributed by atoms with van der Waals surface area (Å²) in [4.78, 5) is 1.24. The highest BCUT2D eigenvalue weighted by Gasteiger charge is 2.26. The summed E-state index contributed by atoms with van der Waals surface area (Å²) in [7, 11) is -9.54. The predicted molar refractivity (Wildman–Crippen MR) is 88.9 cm³/mol. The first-order valence-corrected chi connectivity index (χ1v) is 9.77. The quantitative estimate of drug-likeness (QED) is 0.670. The average molecular weight is 389 g/mol. The Bertz CT molecular complexity index is 1140. The molecule has 0 radical (unpaired) electrons. The maximum atomic E-state index is 13.4. The van der Waals surface area contributed by atoms with Crippen molar-refractivity contribution in [3.8, 4) is 0 Å². The second-order valence-electron chi connectivity index (χ2n) is 4.85. The van der Waals surface area contributed by atoms with Gasteiger partial charge in [0.25, 0.3) is 10.0 Å². The number of aromatic amines is 1. The lowest BCUT2D eigenvalue weighted by Gasteiger charge is -2.11. The number of nitrogens with one attached hydrogen (secondary N) is 2. The highest BCUT2D eigenvalue weighted by Crippen LogP contribution is 2.31. The van der Waals surface area contributed by atoms with Crippen LogP contribution in [-0.2, 0) is 20.2 Å². The molecule has 1 aromatic heterocycles. The van der Waals surface area contributed by atoms with Gasteiger partial charge in [-0.3, -0.25) is 4.72 Å². The molecular weight excluding hydrogens is 379 g/mol. The van der Waals surface area contributed by atoms with Crippen LogP contribution in [0, 0.1) is 0 Å². The van der Waals surface area contributed by atoms with Crippen LogP contribution in [0.15, 0.2) is 58.5 Å². The van der Waals surface area contributed by atoms with Gasteiger partial charge in [0.15, 0.2) is 0 Å². The van der Waals surface area contributed by atoms with Crippen molar-refractivity contribution in [3.05, 3.63) is 53.7 Å². The van der Waals surface area contributed by atoms with E-state index in [1.54, 1.807) is 12.3 Å². The molecule has 126 valence electrons. The van der Waals surface area contributed by atoms with Gasteiger partial charge in [-0.25, -0.2) is 8.42 Å². The molecule has 24 heavy (non-hydrogen) atoms. The maximum absolute atomic E-state index is 13.4. The standard InChI is InChI=1S/C14H10ClFN2O4S2/c15-10-5-6-11(14-9(10)7-8-17-14)18-24(21,22)13-4-2-1-3-12(13)23(16,19)20/h1-8,17-18H. The molecule has 0 aliphatic carbocycles. The second-order valence-corrected chi connectivity index (χ2v) is 8.22. The molecule has 6 nitrogen and oxygen atoms in total. The van der Waals surface area contributed by atoms with Crippen molar-refractivity contribution in [2.75, 3.05) is 4.72 Å². The van der Waals surface area contributed by atoms with Crippen molar-refractivity contribution in [2.24, 2.45) is 0 Å². The first-order valence-electron chi connectivity index (χ1n) is 6.52. The van der Waals surface area contributed by atoms with Crippen LogP contribution >= 0.6 is 11.6 Å². The fourth-order valence-electron chi connectivity index (χ4n) is 2.28. The van der Waals surface area contributed by atoms with E-state index in [9.17, 15) is 20.7 Å². The lowest BCUT2D eigenvalue weighted by molar-refractivity contribution is 0.547. The van der Waals surface area contributed by atoms with Gasteiger partial charge in [-0.1, -0.05) is 23.7 Å². The van der Waals surface area contributed by atoms with Crippen LogP contribution in [-0.4, -0.2) is 21.8 Å². The Morgan fingerprint density at radius 3 is 2.29 bits per heavy atom. The van der Waals surface area contributed by atoms with Crippen molar-refractivity contribution in [2.45, 2.75) is 9.79 Å². The van der Waals surface area contributed by atoms with Crippen molar-refractivity contribution >= 4 is 48.4 Å². The molecule has 0 saturated heterocycles. The van der Waals surface area contributed by atoms with Crippen LogP contribution in [0.1, 0.15) is 0 Å². The van der Waals surface area contributed by atoms with Gasteiger partial charge in [-0.05, 0) is 30.3 Å². The van der Waals surface area contributed by atoms with E-state index in [0.29, 0.717) is 15.9 Å². The lowest BCUT2D eigenvalue weighted by Crippen LogP contribution is -2.16. The van der Waals surface area contributed by atoms with Crippen molar-refractivity contribution < 1.29 is 20.7 Å². The van der Waals surface area contributed by atoms with Crippen LogP contribution < -0.4 is 4.72 Å². The third-order valence-electron chi connectivity index (χ3n) is 3.32. The van der Waals surface area contributed by atoms with E-state index in [4.69, 9.17) is 11.6 Å². The van der Waals surface area contributed by atoms with Crippen molar-refractivity contribution in [3.63, 3.8) is 0 Å². The van der Waals surface area contributed by atoms with Gasteiger partial charge in [-0.2, -0.15) is 8.42 Å². The highest BCUT2D eigenvalue weighted by atomic mass is 35.5. The Balaban J connectivity index is 2.13. The Hall–Kier alpha value is -2.10. The number of aromatic nitrogens is 1. The fourth-order valence-corrected chi connectivity index (χ4v) is 4.84. The smallest absolute Gasteiger partial charge is 0.333 e. The maximum Gasteiger partial charge on any atom is 0.333 e. The van der Waals surface area contributed by atoms with E-state index in [1.807, 2.05) is 0 Å². The third-order valence-corrected chi connectivity index (χ3v) is 6.08. The van der Waals surface area contributed by atoms with Crippen LogP contribution in [0.25, 0.3) is 10.9 Å². The van der Waals surface area contributed by atoms with E-state index >= 15 is 0 Å². The molecule has 0 unspecified atom stereocenters. The lowest BCUT2D eigenvalue weighted by atomic mass is 10.2. The number of rotatable bonds is 4. The van der Waals surface area contributed by atoms with Gasteiger partial charge in [0.1, 0.15) is 9.79 Å². The molecule has 0 atom stereocenters. The van der Waals surface area contributed by atoms with E-state index < -0.39 is 30.0 Å². The van der Waals surface area contributed by atoms with Gasteiger partial charge in [0.05, 0.1) is 16.2 Å². The summed E-state index contributed by atoms with van der Waals surface area (Å²) in [5.41, 5.74) is 0.581. The summed E-state index contributed by atoms with van der Waals surface area (Å²) in [6, 6.07) is 9.01. The predicted octanol–water partition coefficient (Wildman–Crippen LogP) is 3.28. The zero-order valence-corrected chi connectivity index (χ0v) is 14.2. The molecule has 0 bridgehead atoms. The number of fused-ring (bicyclic) bond motifs is 1. The number of benzene rings is 2. The van der Waals surface area contributed by atoms with Crippen LogP contribution in [0.4, 0.5) is 9.57 Å². The van der Waals surface area contributed by atoms with Crippen LogP contribution in [0.3, 0.4) is 0 Å². The molecule has 0 amide bonds. The minimum atomic E-state index is -5.20. The minimum absolute atomic E-state index is 0.158. The minimum Gasteiger partial charge on any atom is -0.359 e. The number of hydrogen-bond acceptors (Lipinski definition) is 4. The molecule has 0 saturated carbocycles. The summed E-state index contributed by atoms with van der Waals surface area (Å²) in [5, 5.41) is 1.00. The zero-order valence-electron chi connectivity index (χ0n) is 11.8. The summed E-state index contributed by atoms with van der Waals surface area (Å²) < 4.78 is 63.1. The monoisotopic (exact) mass is 388 g/mol. The molecule has 0 fully saturated rings. The van der Waals surface area contributed by atoms with Crippen molar-refractivity contribution in [1.82, 2.24) is 4.98 Å². The molecule has 2 aromatic carbocycles.